The molecule has 0 aromatic carbocycles. The first-order chi connectivity index (χ1) is 7.47. The van der Waals surface area contributed by atoms with E-state index in [-0.39, 0.29) is 6.04 Å². The van der Waals surface area contributed by atoms with Gasteiger partial charge in [-0.1, -0.05) is 0 Å². The number of sulfonamides is 1. The molecule has 8 heteroatoms. The molecular formula is C8H14N4O3S. The second kappa shape index (κ2) is 4.11. The summed E-state index contributed by atoms with van der Waals surface area (Å²) < 4.78 is 31.8. The van der Waals surface area contributed by atoms with Crippen LogP contribution in [0.5, 0.6) is 0 Å². The minimum absolute atomic E-state index is 0.380. The molecule has 0 spiro atoms. The number of nitrogens with zero attached hydrogens (tertiary/aromatic N) is 3. The second-order valence-electron chi connectivity index (χ2n) is 3.79. The normalized spacial score (nSPS) is 18.1. The predicted octanol–water partition coefficient (Wildman–Crippen LogP) is -0.581. The van der Waals surface area contributed by atoms with Gasteiger partial charge in [-0.05, 0) is 6.92 Å². The Morgan fingerprint density at radius 1 is 1.50 bits per heavy atom. The van der Waals surface area contributed by atoms with Crippen molar-refractivity contribution >= 4 is 10.0 Å². The summed E-state index contributed by atoms with van der Waals surface area (Å²) in [4.78, 5) is 0. The number of rotatable bonds is 3. The summed E-state index contributed by atoms with van der Waals surface area (Å²) in [6.07, 6.45) is 1.13. The highest BCUT2D eigenvalue weighted by Gasteiger charge is 2.21. The van der Waals surface area contributed by atoms with Crippen LogP contribution in [-0.4, -0.2) is 36.0 Å². The zero-order valence-corrected chi connectivity index (χ0v) is 9.99. The van der Waals surface area contributed by atoms with Crippen LogP contribution < -0.4 is 4.72 Å². The Labute approximate surface area is 93.9 Å². The minimum Gasteiger partial charge on any atom is -0.372 e. The molecule has 1 aromatic heterocycles. The summed E-state index contributed by atoms with van der Waals surface area (Å²) in [5.74, 6) is 1.37. The van der Waals surface area contributed by atoms with Crippen molar-refractivity contribution in [3.8, 4) is 0 Å². The molecule has 90 valence electrons. The van der Waals surface area contributed by atoms with Crippen LogP contribution in [0.3, 0.4) is 0 Å². The fourth-order valence-electron chi connectivity index (χ4n) is 1.71. The summed E-state index contributed by atoms with van der Waals surface area (Å²) in [5, 5.41) is 7.95. The molecule has 0 aliphatic carbocycles. The molecule has 2 rings (SSSR count). The number of hydrogen-bond donors (Lipinski definition) is 1. The number of aromatic nitrogens is 3. The lowest BCUT2D eigenvalue weighted by Crippen LogP contribution is -2.29. The lowest BCUT2D eigenvalue weighted by atomic mass is 10.3. The van der Waals surface area contributed by atoms with Crippen molar-refractivity contribution in [3.63, 3.8) is 0 Å². The Kier molecular flexibility index (Phi) is 2.96. The lowest BCUT2D eigenvalue weighted by molar-refractivity contribution is 0.0802. The van der Waals surface area contributed by atoms with Gasteiger partial charge in [0, 0.05) is 6.54 Å². The maximum Gasteiger partial charge on any atom is 0.209 e. The van der Waals surface area contributed by atoms with Gasteiger partial charge in [-0.2, -0.15) is 0 Å². The molecule has 1 aliphatic rings. The van der Waals surface area contributed by atoms with Gasteiger partial charge in [0.25, 0.3) is 0 Å². The van der Waals surface area contributed by atoms with Crippen molar-refractivity contribution in [3.05, 3.63) is 11.6 Å². The Bertz CT molecular complexity index is 481. The highest BCUT2D eigenvalue weighted by atomic mass is 32.2. The number of nitrogens with one attached hydrogen (secondary N) is 1. The van der Waals surface area contributed by atoms with Crippen LogP contribution in [0.25, 0.3) is 0 Å². The molecule has 0 saturated carbocycles. The van der Waals surface area contributed by atoms with Crippen LogP contribution in [0.1, 0.15) is 24.6 Å². The molecule has 0 amide bonds. The largest absolute Gasteiger partial charge is 0.372 e. The van der Waals surface area contributed by atoms with Crippen LogP contribution in [0.2, 0.25) is 0 Å². The van der Waals surface area contributed by atoms with Gasteiger partial charge < -0.3 is 9.30 Å². The summed E-state index contributed by atoms with van der Waals surface area (Å²) in [6.45, 7) is 3.43. The maximum absolute atomic E-state index is 11.1. The summed E-state index contributed by atoms with van der Waals surface area (Å²) in [7, 11) is -3.24. The summed E-state index contributed by atoms with van der Waals surface area (Å²) in [6, 6.07) is -0.380. The van der Waals surface area contributed by atoms with Crippen LogP contribution in [0, 0.1) is 0 Å². The van der Waals surface area contributed by atoms with E-state index in [9.17, 15) is 8.42 Å². The zero-order chi connectivity index (χ0) is 11.8. The SMILES string of the molecule is CC(NS(C)(=O)=O)c1nnc2n1CCOC2. The number of hydrogen-bond acceptors (Lipinski definition) is 5. The Balaban J connectivity index is 2.24. The van der Waals surface area contributed by atoms with Crippen molar-refractivity contribution in [1.82, 2.24) is 19.5 Å². The number of ether oxygens (including phenoxy) is 1. The van der Waals surface area contributed by atoms with E-state index in [4.69, 9.17) is 4.74 Å². The fraction of sp³-hybridized carbons (Fsp3) is 0.750. The molecule has 2 heterocycles. The van der Waals surface area contributed by atoms with E-state index < -0.39 is 10.0 Å². The lowest BCUT2D eigenvalue weighted by Gasteiger charge is -2.18. The molecule has 1 aliphatic heterocycles. The fourth-order valence-corrected chi connectivity index (χ4v) is 2.46. The van der Waals surface area contributed by atoms with Gasteiger partial charge in [0.2, 0.25) is 10.0 Å². The average molecular weight is 246 g/mol. The maximum atomic E-state index is 11.1. The van der Waals surface area contributed by atoms with Gasteiger partial charge in [-0.25, -0.2) is 13.1 Å². The Morgan fingerprint density at radius 2 is 2.25 bits per heavy atom. The third-order valence-corrected chi connectivity index (χ3v) is 3.11. The van der Waals surface area contributed by atoms with Crippen molar-refractivity contribution in [2.24, 2.45) is 0 Å². The third kappa shape index (κ3) is 2.39. The molecule has 0 radical (unpaired) electrons. The van der Waals surface area contributed by atoms with E-state index in [2.05, 4.69) is 14.9 Å². The van der Waals surface area contributed by atoms with E-state index in [1.165, 1.54) is 0 Å². The van der Waals surface area contributed by atoms with E-state index in [1.54, 1.807) is 6.92 Å². The van der Waals surface area contributed by atoms with E-state index in [0.29, 0.717) is 25.6 Å². The van der Waals surface area contributed by atoms with Crippen LogP contribution >= 0.6 is 0 Å². The molecular weight excluding hydrogens is 232 g/mol. The molecule has 7 nitrogen and oxygen atoms in total. The van der Waals surface area contributed by atoms with Crippen molar-refractivity contribution in [2.75, 3.05) is 12.9 Å². The first kappa shape index (κ1) is 11.5. The monoisotopic (exact) mass is 246 g/mol. The van der Waals surface area contributed by atoms with Gasteiger partial charge in [0.15, 0.2) is 11.6 Å². The Hall–Kier alpha value is -0.990. The summed E-state index contributed by atoms with van der Waals surface area (Å²) >= 11 is 0. The summed E-state index contributed by atoms with van der Waals surface area (Å²) in [5.41, 5.74) is 0. The first-order valence-corrected chi connectivity index (χ1v) is 6.83. The molecule has 16 heavy (non-hydrogen) atoms. The third-order valence-electron chi connectivity index (χ3n) is 2.32. The molecule has 1 aromatic rings. The van der Waals surface area contributed by atoms with Crippen molar-refractivity contribution in [1.29, 1.82) is 0 Å². The van der Waals surface area contributed by atoms with Gasteiger partial charge in [-0.3, -0.25) is 0 Å². The van der Waals surface area contributed by atoms with Gasteiger partial charge >= 0.3 is 0 Å². The average Bonchev–Trinajstić information content (AvgIpc) is 2.58. The standard InChI is InChI=1S/C8H14N4O3S/c1-6(11-16(2,13)14)8-10-9-7-5-15-4-3-12(7)8/h6,11H,3-5H2,1-2H3. The highest BCUT2D eigenvalue weighted by Crippen LogP contribution is 2.15. The predicted molar refractivity (Wildman–Crippen MR) is 56.1 cm³/mol. The van der Waals surface area contributed by atoms with E-state index in [1.807, 2.05) is 4.57 Å². The zero-order valence-electron chi connectivity index (χ0n) is 9.17. The minimum atomic E-state index is -3.24. The van der Waals surface area contributed by atoms with Gasteiger partial charge in [0.05, 0.1) is 18.9 Å². The molecule has 0 fully saturated rings. The molecule has 1 atom stereocenters. The topological polar surface area (TPSA) is 86.1 Å². The second-order valence-corrected chi connectivity index (χ2v) is 5.57. The van der Waals surface area contributed by atoms with Gasteiger partial charge in [-0.15, -0.1) is 10.2 Å². The van der Waals surface area contributed by atoms with E-state index in [0.717, 1.165) is 12.1 Å². The highest BCUT2D eigenvalue weighted by molar-refractivity contribution is 7.88. The number of fused-ring (bicyclic) bond motifs is 1. The molecule has 1 unspecified atom stereocenters. The Morgan fingerprint density at radius 3 is 2.94 bits per heavy atom. The van der Waals surface area contributed by atoms with Gasteiger partial charge in [0.1, 0.15) is 6.61 Å². The van der Waals surface area contributed by atoms with Crippen LogP contribution in [0.4, 0.5) is 0 Å². The van der Waals surface area contributed by atoms with E-state index >= 15 is 0 Å². The molecule has 0 bridgehead atoms. The molecule has 0 saturated heterocycles. The first-order valence-electron chi connectivity index (χ1n) is 4.94. The van der Waals surface area contributed by atoms with Crippen LogP contribution in [0.15, 0.2) is 0 Å². The smallest absolute Gasteiger partial charge is 0.209 e. The molecule has 1 N–H and O–H groups in total. The van der Waals surface area contributed by atoms with Crippen LogP contribution in [-0.2, 0) is 27.9 Å². The van der Waals surface area contributed by atoms with Crippen molar-refractivity contribution < 1.29 is 13.2 Å². The quantitative estimate of drug-likeness (QED) is 0.771. The van der Waals surface area contributed by atoms with Crippen molar-refractivity contribution in [2.45, 2.75) is 26.1 Å².